The molecule has 5 nitrogen and oxygen atoms in total. The average Bonchev–Trinajstić information content (AvgIpc) is 2.49. The number of hydrogen-bond acceptors (Lipinski definition) is 4. The summed E-state index contributed by atoms with van der Waals surface area (Å²) in [7, 11) is -4.03. The SMILES string of the molecule is Cc1ccc(S(=O)(=O)n2c(=O)c(C)nc3cc(Cl)ccc32)cc1. The predicted molar refractivity (Wildman–Crippen MR) is 89.5 cm³/mol. The Labute approximate surface area is 138 Å². The Bertz CT molecular complexity index is 1070. The molecule has 1 heterocycles. The maximum Gasteiger partial charge on any atom is 0.286 e. The molecule has 2 aromatic carbocycles. The van der Waals surface area contributed by atoms with Gasteiger partial charge >= 0.3 is 0 Å². The van der Waals surface area contributed by atoms with E-state index in [1.807, 2.05) is 6.92 Å². The van der Waals surface area contributed by atoms with E-state index in [0.717, 1.165) is 9.54 Å². The van der Waals surface area contributed by atoms with Crippen molar-refractivity contribution in [2.24, 2.45) is 0 Å². The second-order valence-electron chi connectivity index (χ2n) is 5.22. The monoisotopic (exact) mass is 348 g/mol. The molecule has 1 aromatic heterocycles. The summed E-state index contributed by atoms with van der Waals surface area (Å²) >= 11 is 5.93. The first kappa shape index (κ1) is 15.7. The van der Waals surface area contributed by atoms with Gasteiger partial charge in [0.05, 0.1) is 15.9 Å². The van der Waals surface area contributed by atoms with E-state index in [0.29, 0.717) is 10.5 Å². The van der Waals surface area contributed by atoms with E-state index in [2.05, 4.69) is 4.98 Å². The number of halogens is 1. The van der Waals surface area contributed by atoms with Crippen LogP contribution in [0.1, 0.15) is 11.3 Å². The normalized spacial score (nSPS) is 11.8. The van der Waals surface area contributed by atoms with Crippen LogP contribution in [0.3, 0.4) is 0 Å². The molecular weight excluding hydrogens is 336 g/mol. The van der Waals surface area contributed by atoms with E-state index in [1.165, 1.54) is 37.3 Å². The fourth-order valence-electron chi connectivity index (χ4n) is 2.30. The first-order valence-electron chi connectivity index (χ1n) is 6.82. The second kappa shape index (κ2) is 5.47. The number of aromatic nitrogens is 2. The molecule has 0 saturated carbocycles. The van der Waals surface area contributed by atoms with E-state index in [1.54, 1.807) is 12.1 Å². The molecule has 0 radical (unpaired) electrons. The third-order valence-corrected chi connectivity index (χ3v) is 5.44. The highest BCUT2D eigenvalue weighted by Crippen LogP contribution is 2.21. The predicted octanol–water partition coefficient (Wildman–Crippen LogP) is 2.90. The van der Waals surface area contributed by atoms with Gasteiger partial charge in [-0.3, -0.25) is 4.79 Å². The van der Waals surface area contributed by atoms with Gasteiger partial charge in [-0.05, 0) is 44.2 Å². The van der Waals surface area contributed by atoms with E-state index in [-0.39, 0.29) is 16.1 Å². The van der Waals surface area contributed by atoms with E-state index in [9.17, 15) is 13.2 Å². The number of aryl methyl sites for hydroxylation is 2. The van der Waals surface area contributed by atoms with Crippen molar-refractivity contribution < 1.29 is 8.42 Å². The number of nitrogens with zero attached hydrogens (tertiary/aromatic N) is 2. The molecule has 0 aliphatic carbocycles. The minimum absolute atomic E-state index is 0.0482. The minimum atomic E-state index is -4.03. The van der Waals surface area contributed by atoms with Crippen LogP contribution < -0.4 is 5.56 Å². The lowest BCUT2D eigenvalue weighted by Gasteiger charge is -2.12. The van der Waals surface area contributed by atoms with Crippen LogP contribution in [0, 0.1) is 13.8 Å². The smallest absolute Gasteiger partial charge is 0.266 e. The summed E-state index contributed by atoms with van der Waals surface area (Å²) in [5, 5.41) is 0.419. The van der Waals surface area contributed by atoms with Gasteiger partial charge in [-0.15, -0.1) is 0 Å². The summed E-state index contributed by atoms with van der Waals surface area (Å²) < 4.78 is 26.6. The quantitative estimate of drug-likeness (QED) is 0.714. The van der Waals surface area contributed by atoms with E-state index < -0.39 is 15.6 Å². The molecule has 3 aromatic rings. The molecule has 23 heavy (non-hydrogen) atoms. The first-order valence-corrected chi connectivity index (χ1v) is 8.63. The van der Waals surface area contributed by atoms with Crippen LogP contribution in [0.15, 0.2) is 52.2 Å². The first-order chi connectivity index (χ1) is 10.8. The Hall–Kier alpha value is -2.18. The minimum Gasteiger partial charge on any atom is -0.266 e. The van der Waals surface area contributed by atoms with Crippen LogP contribution in [0.2, 0.25) is 5.02 Å². The average molecular weight is 349 g/mol. The number of rotatable bonds is 2. The lowest BCUT2D eigenvalue weighted by molar-refractivity contribution is 0.586. The highest BCUT2D eigenvalue weighted by Gasteiger charge is 2.22. The van der Waals surface area contributed by atoms with Crippen molar-refractivity contribution in [3.63, 3.8) is 0 Å². The summed E-state index contributed by atoms with van der Waals surface area (Å²) in [6.45, 7) is 3.33. The third kappa shape index (κ3) is 2.64. The standard InChI is InChI=1S/C16H13ClN2O3S/c1-10-3-6-13(7-4-10)23(21,22)19-15-8-5-12(17)9-14(15)18-11(2)16(19)20/h3-9H,1-2H3. The molecule has 0 bridgehead atoms. The summed E-state index contributed by atoms with van der Waals surface area (Å²) in [6, 6.07) is 10.9. The molecular formula is C16H13ClN2O3S. The van der Waals surface area contributed by atoms with Crippen molar-refractivity contribution in [2.75, 3.05) is 0 Å². The summed E-state index contributed by atoms with van der Waals surface area (Å²) in [5.41, 5.74) is 0.908. The van der Waals surface area contributed by atoms with Crippen LogP contribution in [0.25, 0.3) is 11.0 Å². The van der Waals surface area contributed by atoms with Crippen LogP contribution in [0.5, 0.6) is 0 Å². The highest BCUT2D eigenvalue weighted by atomic mass is 35.5. The number of benzene rings is 2. The Morgan fingerprint density at radius 1 is 1.04 bits per heavy atom. The third-order valence-electron chi connectivity index (χ3n) is 3.50. The lowest BCUT2D eigenvalue weighted by atomic mass is 10.2. The van der Waals surface area contributed by atoms with Crippen molar-refractivity contribution in [2.45, 2.75) is 18.7 Å². The van der Waals surface area contributed by atoms with Crippen molar-refractivity contribution in [1.29, 1.82) is 0 Å². The molecule has 0 saturated heterocycles. The van der Waals surface area contributed by atoms with Gasteiger partial charge in [0.2, 0.25) is 0 Å². The van der Waals surface area contributed by atoms with Gasteiger partial charge in [-0.2, -0.15) is 3.97 Å². The Balaban J connectivity index is 2.41. The van der Waals surface area contributed by atoms with Crippen LogP contribution in [-0.4, -0.2) is 17.4 Å². The van der Waals surface area contributed by atoms with Crippen molar-refractivity contribution in [1.82, 2.24) is 8.96 Å². The second-order valence-corrected chi connectivity index (χ2v) is 7.44. The van der Waals surface area contributed by atoms with Crippen LogP contribution in [0.4, 0.5) is 0 Å². The fraction of sp³-hybridized carbons (Fsp3) is 0.125. The van der Waals surface area contributed by atoms with E-state index in [4.69, 9.17) is 11.6 Å². The van der Waals surface area contributed by atoms with Crippen LogP contribution in [-0.2, 0) is 10.0 Å². The van der Waals surface area contributed by atoms with Gasteiger partial charge in [-0.1, -0.05) is 29.3 Å². The van der Waals surface area contributed by atoms with Gasteiger partial charge in [0, 0.05) is 5.02 Å². The molecule has 0 spiro atoms. The molecule has 0 unspecified atom stereocenters. The number of fused-ring (bicyclic) bond motifs is 1. The molecule has 118 valence electrons. The largest absolute Gasteiger partial charge is 0.286 e. The molecule has 3 rings (SSSR count). The molecule has 0 atom stereocenters. The zero-order valence-electron chi connectivity index (χ0n) is 12.4. The molecule has 0 aliphatic heterocycles. The Morgan fingerprint density at radius 2 is 1.70 bits per heavy atom. The molecule has 0 aliphatic rings. The Morgan fingerprint density at radius 3 is 2.35 bits per heavy atom. The van der Waals surface area contributed by atoms with Gasteiger partial charge in [-0.25, -0.2) is 13.4 Å². The maximum absolute atomic E-state index is 12.9. The van der Waals surface area contributed by atoms with Crippen LogP contribution >= 0.6 is 11.6 Å². The molecule has 0 fully saturated rings. The van der Waals surface area contributed by atoms with Crippen molar-refractivity contribution >= 4 is 32.7 Å². The lowest BCUT2D eigenvalue weighted by Crippen LogP contribution is -2.30. The summed E-state index contributed by atoms with van der Waals surface area (Å²) in [4.78, 5) is 16.6. The van der Waals surface area contributed by atoms with Gasteiger partial charge in [0.25, 0.3) is 15.6 Å². The zero-order valence-corrected chi connectivity index (χ0v) is 14.0. The van der Waals surface area contributed by atoms with Gasteiger partial charge in [0.1, 0.15) is 5.69 Å². The summed E-state index contributed by atoms with van der Waals surface area (Å²) in [5.74, 6) is 0. The fourth-order valence-corrected chi connectivity index (χ4v) is 3.92. The molecule has 0 N–H and O–H groups in total. The van der Waals surface area contributed by atoms with Gasteiger partial charge in [0.15, 0.2) is 0 Å². The van der Waals surface area contributed by atoms with Gasteiger partial charge < -0.3 is 0 Å². The summed E-state index contributed by atoms with van der Waals surface area (Å²) in [6.07, 6.45) is 0. The van der Waals surface area contributed by atoms with E-state index >= 15 is 0 Å². The maximum atomic E-state index is 12.9. The molecule has 0 amide bonds. The Kier molecular flexibility index (Phi) is 3.74. The van der Waals surface area contributed by atoms with Crippen molar-refractivity contribution in [3.05, 3.63) is 69.1 Å². The topological polar surface area (TPSA) is 69.0 Å². The number of hydrogen-bond donors (Lipinski definition) is 0. The van der Waals surface area contributed by atoms with Crippen molar-refractivity contribution in [3.8, 4) is 0 Å². The highest BCUT2D eigenvalue weighted by molar-refractivity contribution is 7.90. The molecule has 7 heteroatoms. The zero-order chi connectivity index (χ0) is 16.8.